The predicted molar refractivity (Wildman–Crippen MR) is 58.7 cm³/mol. The molecule has 1 fully saturated rings. The number of aliphatic carboxylic acids is 1. The standard InChI is InChI=1S/C12H22O3/c1-8(2)5-12(6-15-7-12)10(9(3)4)11(13)14/h8-10H,5-7H2,1-4H3,(H,13,14). The first-order valence-corrected chi connectivity index (χ1v) is 5.69. The van der Waals surface area contributed by atoms with E-state index in [9.17, 15) is 9.90 Å². The van der Waals surface area contributed by atoms with Crippen LogP contribution < -0.4 is 0 Å². The van der Waals surface area contributed by atoms with Gasteiger partial charge in [-0.2, -0.15) is 0 Å². The molecule has 88 valence electrons. The first-order chi connectivity index (χ1) is 6.89. The lowest BCUT2D eigenvalue weighted by Crippen LogP contribution is -2.53. The quantitative estimate of drug-likeness (QED) is 0.764. The van der Waals surface area contributed by atoms with E-state index in [2.05, 4.69) is 13.8 Å². The maximum atomic E-state index is 11.3. The van der Waals surface area contributed by atoms with Gasteiger partial charge in [-0.05, 0) is 18.3 Å². The highest BCUT2D eigenvalue weighted by molar-refractivity contribution is 5.71. The molecule has 0 aromatic heterocycles. The summed E-state index contributed by atoms with van der Waals surface area (Å²) < 4.78 is 5.26. The number of rotatable bonds is 5. The number of carbonyl (C=O) groups is 1. The van der Waals surface area contributed by atoms with Gasteiger partial charge in [-0.25, -0.2) is 0 Å². The van der Waals surface area contributed by atoms with Crippen LogP contribution in [0.5, 0.6) is 0 Å². The van der Waals surface area contributed by atoms with Crippen LogP contribution in [0.15, 0.2) is 0 Å². The average Bonchev–Trinajstić information content (AvgIpc) is 1.97. The SMILES string of the molecule is CC(C)CC1(C(C(=O)O)C(C)C)COC1. The Kier molecular flexibility index (Phi) is 3.77. The van der Waals surface area contributed by atoms with E-state index in [4.69, 9.17) is 4.74 Å². The minimum Gasteiger partial charge on any atom is -0.481 e. The van der Waals surface area contributed by atoms with Gasteiger partial charge < -0.3 is 9.84 Å². The van der Waals surface area contributed by atoms with Gasteiger partial charge in [-0.3, -0.25) is 4.79 Å². The van der Waals surface area contributed by atoms with Gasteiger partial charge in [0.15, 0.2) is 0 Å². The molecule has 0 aromatic carbocycles. The van der Waals surface area contributed by atoms with Crippen molar-refractivity contribution in [3.8, 4) is 0 Å². The van der Waals surface area contributed by atoms with Crippen LogP contribution in [0.4, 0.5) is 0 Å². The summed E-state index contributed by atoms with van der Waals surface area (Å²) in [6.45, 7) is 9.47. The highest BCUT2D eigenvalue weighted by Gasteiger charge is 2.50. The number of carboxylic acid groups (broad SMARTS) is 1. The van der Waals surface area contributed by atoms with Gasteiger partial charge in [-0.15, -0.1) is 0 Å². The summed E-state index contributed by atoms with van der Waals surface area (Å²) in [5.74, 6) is -0.248. The molecule has 0 radical (unpaired) electrons. The second-order valence-corrected chi connectivity index (χ2v) is 5.51. The molecule has 1 atom stereocenters. The summed E-state index contributed by atoms with van der Waals surface area (Å²) in [4.78, 5) is 11.3. The number of ether oxygens (including phenoxy) is 1. The van der Waals surface area contributed by atoms with Gasteiger partial charge >= 0.3 is 5.97 Å². The highest BCUT2D eigenvalue weighted by Crippen LogP contribution is 2.45. The molecule has 3 nitrogen and oxygen atoms in total. The van der Waals surface area contributed by atoms with E-state index in [0.717, 1.165) is 6.42 Å². The van der Waals surface area contributed by atoms with Crippen LogP contribution in [-0.2, 0) is 9.53 Å². The van der Waals surface area contributed by atoms with Crippen molar-refractivity contribution in [1.82, 2.24) is 0 Å². The number of carboxylic acids is 1. The molecular weight excluding hydrogens is 192 g/mol. The lowest BCUT2D eigenvalue weighted by Gasteiger charge is -2.48. The first-order valence-electron chi connectivity index (χ1n) is 5.69. The molecule has 0 bridgehead atoms. The van der Waals surface area contributed by atoms with Gasteiger partial charge in [0.05, 0.1) is 19.1 Å². The van der Waals surface area contributed by atoms with Crippen molar-refractivity contribution in [1.29, 1.82) is 0 Å². The zero-order chi connectivity index (χ0) is 11.6. The molecule has 15 heavy (non-hydrogen) atoms. The minimum absolute atomic E-state index is 0.117. The second-order valence-electron chi connectivity index (χ2n) is 5.51. The Morgan fingerprint density at radius 2 is 1.87 bits per heavy atom. The molecule has 0 amide bonds. The Balaban J connectivity index is 2.82. The molecule has 1 saturated heterocycles. The van der Waals surface area contributed by atoms with Gasteiger partial charge in [0.1, 0.15) is 0 Å². The van der Waals surface area contributed by atoms with E-state index in [0.29, 0.717) is 19.1 Å². The zero-order valence-corrected chi connectivity index (χ0v) is 10.1. The summed E-state index contributed by atoms with van der Waals surface area (Å²) in [6.07, 6.45) is 0.947. The lowest BCUT2D eigenvalue weighted by molar-refractivity contribution is -0.186. The molecule has 1 heterocycles. The van der Waals surface area contributed by atoms with Crippen molar-refractivity contribution < 1.29 is 14.6 Å². The minimum atomic E-state index is -0.672. The fourth-order valence-corrected chi connectivity index (χ4v) is 2.86. The van der Waals surface area contributed by atoms with Gasteiger partial charge in [-0.1, -0.05) is 27.7 Å². The summed E-state index contributed by atoms with van der Waals surface area (Å²) in [6, 6.07) is 0. The van der Waals surface area contributed by atoms with Gasteiger partial charge in [0.2, 0.25) is 0 Å². The van der Waals surface area contributed by atoms with Crippen molar-refractivity contribution >= 4 is 5.97 Å². The average molecular weight is 214 g/mol. The largest absolute Gasteiger partial charge is 0.481 e. The molecule has 0 saturated carbocycles. The summed E-state index contributed by atoms with van der Waals surface area (Å²) in [5.41, 5.74) is -0.117. The summed E-state index contributed by atoms with van der Waals surface area (Å²) >= 11 is 0. The van der Waals surface area contributed by atoms with E-state index in [1.807, 2.05) is 13.8 Å². The van der Waals surface area contributed by atoms with E-state index < -0.39 is 5.97 Å². The Morgan fingerprint density at radius 3 is 2.07 bits per heavy atom. The molecule has 1 aliphatic rings. The van der Waals surface area contributed by atoms with Crippen LogP contribution >= 0.6 is 0 Å². The highest BCUT2D eigenvalue weighted by atomic mass is 16.5. The first kappa shape index (κ1) is 12.5. The predicted octanol–water partition coefficient (Wildman–Crippen LogP) is 2.41. The molecular formula is C12H22O3. The van der Waals surface area contributed by atoms with E-state index in [1.165, 1.54) is 0 Å². The lowest BCUT2D eigenvalue weighted by atomic mass is 9.65. The van der Waals surface area contributed by atoms with Crippen molar-refractivity contribution in [2.75, 3.05) is 13.2 Å². The monoisotopic (exact) mass is 214 g/mol. The third-order valence-corrected chi connectivity index (χ3v) is 3.19. The number of hydrogen-bond acceptors (Lipinski definition) is 2. The van der Waals surface area contributed by atoms with Crippen molar-refractivity contribution in [3.63, 3.8) is 0 Å². The maximum Gasteiger partial charge on any atom is 0.307 e. The molecule has 1 N–H and O–H groups in total. The fraction of sp³-hybridized carbons (Fsp3) is 0.917. The molecule has 0 spiro atoms. The summed E-state index contributed by atoms with van der Waals surface area (Å²) in [7, 11) is 0. The maximum absolute atomic E-state index is 11.3. The van der Waals surface area contributed by atoms with Crippen LogP contribution in [0.25, 0.3) is 0 Å². The topological polar surface area (TPSA) is 46.5 Å². The van der Waals surface area contributed by atoms with Crippen LogP contribution in [0, 0.1) is 23.2 Å². The van der Waals surface area contributed by atoms with Gasteiger partial charge in [0, 0.05) is 5.41 Å². The van der Waals surface area contributed by atoms with Crippen LogP contribution in [0.3, 0.4) is 0 Å². The Bertz CT molecular complexity index is 229. The fourth-order valence-electron chi connectivity index (χ4n) is 2.86. The molecule has 0 aromatic rings. The third kappa shape index (κ3) is 2.51. The normalized spacial score (nSPS) is 21.5. The van der Waals surface area contributed by atoms with E-state index in [1.54, 1.807) is 0 Å². The Labute approximate surface area is 91.8 Å². The number of hydrogen-bond donors (Lipinski definition) is 1. The molecule has 3 heteroatoms. The summed E-state index contributed by atoms with van der Waals surface area (Å²) in [5, 5.41) is 9.30. The Morgan fingerprint density at radius 1 is 1.33 bits per heavy atom. The second kappa shape index (κ2) is 4.52. The van der Waals surface area contributed by atoms with E-state index in [-0.39, 0.29) is 17.3 Å². The van der Waals surface area contributed by atoms with Crippen molar-refractivity contribution in [2.45, 2.75) is 34.1 Å². The molecule has 1 aliphatic heterocycles. The van der Waals surface area contributed by atoms with E-state index >= 15 is 0 Å². The molecule has 0 aliphatic carbocycles. The Hall–Kier alpha value is -0.570. The van der Waals surface area contributed by atoms with Crippen LogP contribution in [-0.4, -0.2) is 24.3 Å². The smallest absolute Gasteiger partial charge is 0.307 e. The van der Waals surface area contributed by atoms with Crippen molar-refractivity contribution in [3.05, 3.63) is 0 Å². The van der Waals surface area contributed by atoms with Crippen LogP contribution in [0.1, 0.15) is 34.1 Å². The van der Waals surface area contributed by atoms with Crippen molar-refractivity contribution in [2.24, 2.45) is 23.2 Å². The van der Waals surface area contributed by atoms with Gasteiger partial charge in [0.25, 0.3) is 0 Å². The molecule has 1 unspecified atom stereocenters. The zero-order valence-electron chi connectivity index (χ0n) is 10.1. The third-order valence-electron chi connectivity index (χ3n) is 3.19. The van der Waals surface area contributed by atoms with Crippen LogP contribution in [0.2, 0.25) is 0 Å². The molecule has 1 rings (SSSR count).